The minimum absolute atomic E-state index is 0.0502. The van der Waals surface area contributed by atoms with Gasteiger partial charge in [-0.05, 0) is 48.4 Å². The summed E-state index contributed by atoms with van der Waals surface area (Å²) in [7, 11) is 0. The zero-order valence-electron chi connectivity index (χ0n) is 15.5. The minimum atomic E-state index is -0.224. The molecule has 2 heterocycles. The Bertz CT molecular complexity index is 1060. The first-order valence-corrected chi connectivity index (χ1v) is 10.4. The second-order valence-electron chi connectivity index (χ2n) is 6.54. The van der Waals surface area contributed by atoms with E-state index in [9.17, 15) is 9.59 Å². The highest BCUT2D eigenvalue weighted by molar-refractivity contribution is 7.99. The lowest BCUT2D eigenvalue weighted by Gasteiger charge is -2.22. The normalized spacial score (nSPS) is 12.7. The third kappa shape index (κ3) is 4.44. The molecule has 146 valence electrons. The summed E-state index contributed by atoms with van der Waals surface area (Å²) in [6.07, 6.45) is 2.36. The number of para-hydroxylation sites is 1. The maximum Gasteiger partial charge on any atom is 0.261 e. The number of hydrogen-bond acceptors (Lipinski definition) is 4. The summed E-state index contributed by atoms with van der Waals surface area (Å²) in [5.41, 5.74) is 2.30. The van der Waals surface area contributed by atoms with Crippen LogP contribution in [0.2, 0.25) is 5.02 Å². The molecule has 0 radical (unpaired) electrons. The monoisotopic (exact) mass is 423 g/mol. The molecule has 0 saturated carbocycles. The molecule has 0 unspecified atom stereocenters. The van der Waals surface area contributed by atoms with Crippen molar-refractivity contribution >= 4 is 40.9 Å². The lowest BCUT2D eigenvalue weighted by Crippen LogP contribution is -2.41. The predicted molar refractivity (Wildman–Crippen MR) is 115 cm³/mol. The van der Waals surface area contributed by atoms with Crippen molar-refractivity contribution in [2.24, 2.45) is 0 Å². The van der Waals surface area contributed by atoms with E-state index < -0.39 is 0 Å². The van der Waals surface area contributed by atoms with Gasteiger partial charge < -0.3 is 5.32 Å². The molecule has 29 heavy (non-hydrogen) atoms. The van der Waals surface area contributed by atoms with Crippen LogP contribution in [-0.4, -0.2) is 29.9 Å². The number of pyridine rings is 1. The molecule has 5 nitrogen and oxygen atoms in total. The van der Waals surface area contributed by atoms with E-state index in [1.165, 1.54) is 16.7 Å². The molecule has 1 aromatic heterocycles. The van der Waals surface area contributed by atoms with Crippen LogP contribution in [0, 0.1) is 0 Å². The van der Waals surface area contributed by atoms with Gasteiger partial charge in [-0.2, -0.15) is 0 Å². The van der Waals surface area contributed by atoms with Crippen molar-refractivity contribution in [3.63, 3.8) is 0 Å². The summed E-state index contributed by atoms with van der Waals surface area (Å²) < 4.78 is 0. The average molecular weight is 424 g/mol. The number of aromatic nitrogens is 1. The second-order valence-corrected chi connectivity index (χ2v) is 8.01. The number of carbonyl (C=O) groups excluding carboxylic acids is 2. The number of carbonyl (C=O) groups is 2. The van der Waals surface area contributed by atoms with Gasteiger partial charge in [-0.3, -0.25) is 14.5 Å². The molecule has 3 aromatic rings. The van der Waals surface area contributed by atoms with Crippen molar-refractivity contribution in [1.82, 2.24) is 10.3 Å². The fourth-order valence-electron chi connectivity index (χ4n) is 3.11. The van der Waals surface area contributed by atoms with Crippen LogP contribution in [0.4, 0.5) is 5.69 Å². The summed E-state index contributed by atoms with van der Waals surface area (Å²) in [4.78, 5) is 32.5. The van der Waals surface area contributed by atoms with Crippen LogP contribution >= 0.6 is 23.4 Å². The van der Waals surface area contributed by atoms with Crippen LogP contribution in [0.25, 0.3) is 0 Å². The van der Waals surface area contributed by atoms with Crippen molar-refractivity contribution in [2.75, 3.05) is 18.0 Å². The number of rotatable bonds is 5. The van der Waals surface area contributed by atoms with Gasteiger partial charge in [0.25, 0.3) is 5.91 Å². The molecule has 0 fully saturated rings. The molecule has 1 N–H and O–H groups in total. The topological polar surface area (TPSA) is 62.3 Å². The molecule has 7 heteroatoms. The first-order chi connectivity index (χ1) is 14.1. The number of hydrogen-bond donors (Lipinski definition) is 1. The Morgan fingerprint density at radius 2 is 1.86 bits per heavy atom. The van der Waals surface area contributed by atoms with E-state index in [1.54, 1.807) is 18.3 Å². The number of amides is 2. The Hall–Kier alpha value is -2.83. The molecule has 0 atom stereocenters. The maximum atomic E-state index is 13.1. The Morgan fingerprint density at radius 3 is 2.69 bits per heavy atom. The highest BCUT2D eigenvalue weighted by atomic mass is 35.5. The van der Waals surface area contributed by atoms with E-state index in [1.807, 2.05) is 48.5 Å². The molecule has 4 rings (SSSR count). The van der Waals surface area contributed by atoms with Crippen LogP contribution < -0.4 is 10.2 Å². The van der Waals surface area contributed by atoms with Gasteiger partial charge in [-0.25, -0.2) is 4.98 Å². The number of anilines is 1. The van der Waals surface area contributed by atoms with Crippen molar-refractivity contribution in [3.8, 4) is 0 Å². The van der Waals surface area contributed by atoms with Crippen LogP contribution in [0.15, 0.2) is 76.8 Å². The number of nitrogens with zero attached hydrogens (tertiary/aromatic N) is 2. The zero-order valence-corrected chi connectivity index (χ0v) is 17.0. The molecule has 1 aliphatic heterocycles. The first-order valence-electron chi connectivity index (χ1n) is 9.17. The van der Waals surface area contributed by atoms with Gasteiger partial charge in [0.15, 0.2) is 0 Å². The van der Waals surface area contributed by atoms with Gasteiger partial charge in [-0.15, -0.1) is 0 Å². The van der Waals surface area contributed by atoms with Gasteiger partial charge >= 0.3 is 0 Å². The smallest absolute Gasteiger partial charge is 0.261 e. The third-order valence-electron chi connectivity index (χ3n) is 4.56. The Labute approximate surface area is 178 Å². The fraction of sp³-hybridized carbons (Fsp3) is 0.136. The summed E-state index contributed by atoms with van der Waals surface area (Å²) >= 11 is 7.33. The number of nitrogens with one attached hydrogen (secondary N) is 1. The molecular formula is C22H18ClN3O2S. The van der Waals surface area contributed by atoms with Gasteiger partial charge in [-0.1, -0.05) is 47.6 Å². The minimum Gasteiger partial charge on any atom is -0.354 e. The summed E-state index contributed by atoms with van der Waals surface area (Å²) in [5, 5.41) is 4.23. The second kappa shape index (κ2) is 8.68. The van der Waals surface area contributed by atoms with E-state index in [-0.39, 0.29) is 18.4 Å². The van der Waals surface area contributed by atoms with Crippen molar-refractivity contribution in [2.45, 2.75) is 16.3 Å². The van der Waals surface area contributed by atoms with Crippen molar-refractivity contribution < 1.29 is 9.59 Å². The van der Waals surface area contributed by atoms with E-state index in [0.717, 1.165) is 10.5 Å². The first kappa shape index (κ1) is 19.5. The molecule has 2 aromatic carbocycles. The van der Waals surface area contributed by atoms with E-state index in [4.69, 9.17) is 11.6 Å². The van der Waals surface area contributed by atoms with Crippen molar-refractivity contribution in [3.05, 3.63) is 83.0 Å². The maximum absolute atomic E-state index is 13.1. The third-order valence-corrected chi connectivity index (χ3v) is 5.90. The van der Waals surface area contributed by atoms with Crippen LogP contribution in [0.3, 0.4) is 0 Å². The fourth-order valence-corrected chi connectivity index (χ4v) is 4.26. The summed E-state index contributed by atoms with van der Waals surface area (Å²) in [6.45, 7) is 0.433. The van der Waals surface area contributed by atoms with Crippen molar-refractivity contribution in [1.29, 1.82) is 0 Å². The van der Waals surface area contributed by atoms with Gasteiger partial charge in [0.1, 0.15) is 11.6 Å². The number of benzene rings is 2. The average Bonchev–Trinajstić information content (AvgIpc) is 2.85. The predicted octanol–water partition coefficient (Wildman–Crippen LogP) is 4.21. The quantitative estimate of drug-likeness (QED) is 0.667. The Balaban J connectivity index is 1.48. The molecule has 0 saturated heterocycles. The molecule has 0 spiro atoms. The lowest BCUT2D eigenvalue weighted by atomic mass is 10.1. The summed E-state index contributed by atoms with van der Waals surface area (Å²) in [6, 6.07) is 18.6. The number of fused-ring (bicyclic) bond motifs is 2. The van der Waals surface area contributed by atoms with Crippen LogP contribution in [0.5, 0.6) is 0 Å². The highest BCUT2D eigenvalue weighted by Gasteiger charge is 2.29. The Kier molecular flexibility index (Phi) is 5.83. The largest absolute Gasteiger partial charge is 0.354 e. The van der Waals surface area contributed by atoms with Crippen LogP contribution in [-0.2, 0) is 11.2 Å². The molecule has 2 amide bonds. The molecule has 0 aliphatic carbocycles. The van der Waals surface area contributed by atoms with E-state index in [2.05, 4.69) is 10.3 Å². The molecular weight excluding hydrogens is 406 g/mol. The molecule has 1 aliphatic rings. The Morgan fingerprint density at radius 1 is 1.07 bits per heavy atom. The van der Waals surface area contributed by atoms with E-state index >= 15 is 0 Å². The number of halogens is 1. The van der Waals surface area contributed by atoms with E-state index in [0.29, 0.717) is 34.3 Å². The highest BCUT2D eigenvalue weighted by Crippen LogP contribution is 2.39. The van der Waals surface area contributed by atoms with Gasteiger partial charge in [0.2, 0.25) is 5.91 Å². The summed E-state index contributed by atoms with van der Waals surface area (Å²) in [5.74, 6) is -0.433. The lowest BCUT2D eigenvalue weighted by molar-refractivity contribution is -0.119. The van der Waals surface area contributed by atoms with Gasteiger partial charge in [0, 0.05) is 22.7 Å². The van der Waals surface area contributed by atoms with Gasteiger partial charge in [0.05, 0.1) is 11.3 Å². The molecule has 0 bridgehead atoms. The van der Waals surface area contributed by atoms with Crippen LogP contribution in [0.1, 0.15) is 15.9 Å². The standard InChI is InChI=1S/C22H18ClN3O2S/c23-16-9-7-15(8-10-16)11-13-24-20(27)14-26-18-5-1-2-6-19(18)29-21-17(22(26)28)4-3-12-25-21/h1-10,12H,11,13-14H2,(H,24,27). The zero-order chi connectivity index (χ0) is 20.2. The SMILES string of the molecule is O=C(CN1C(=O)c2cccnc2Sc2ccccc21)NCCc1ccc(Cl)cc1.